The van der Waals surface area contributed by atoms with E-state index in [1.54, 1.807) is 0 Å². The molecule has 0 aromatic carbocycles. The van der Waals surface area contributed by atoms with Gasteiger partial charge in [0.05, 0.1) is 0 Å². The number of hydrogen-bond acceptors (Lipinski definition) is 4. The second kappa shape index (κ2) is 3.39. The molecule has 0 aromatic rings. The second-order valence-electron chi connectivity index (χ2n) is 1.57. The van der Waals surface area contributed by atoms with Crippen LogP contribution in [0.4, 0.5) is 0 Å². The molecule has 0 unspecified atom stereocenters. The highest BCUT2D eigenvalue weighted by molar-refractivity contribution is 5.71. The minimum absolute atomic E-state index is 0.560. The van der Waals surface area contributed by atoms with E-state index in [-0.39, 0.29) is 0 Å². The van der Waals surface area contributed by atoms with Gasteiger partial charge in [0.1, 0.15) is 0 Å². The highest BCUT2D eigenvalue weighted by atomic mass is 16.5. The van der Waals surface area contributed by atoms with Gasteiger partial charge in [-0.15, -0.1) is 0 Å². The zero-order chi connectivity index (χ0) is 7.44. The van der Waals surface area contributed by atoms with Crippen molar-refractivity contribution in [1.82, 2.24) is 0 Å². The number of aliphatic carboxylic acids is 1. The van der Waals surface area contributed by atoms with Crippen LogP contribution in [0.15, 0.2) is 0 Å². The molecule has 4 N–H and O–H groups in total. The Kier molecular flexibility index (Phi) is 3.15. The molecule has 0 bridgehead atoms. The summed E-state index contributed by atoms with van der Waals surface area (Å²) in [6.45, 7) is 0. The normalized spacial score (nSPS) is 13.8. The van der Waals surface area contributed by atoms with Crippen molar-refractivity contribution in [1.29, 1.82) is 0 Å². The van der Waals surface area contributed by atoms with Gasteiger partial charge in [-0.1, -0.05) is 0 Å². The minimum atomic E-state index is -1.77. The van der Waals surface area contributed by atoms with Crippen molar-refractivity contribution in [3.63, 3.8) is 0 Å². The quantitative estimate of drug-likeness (QED) is 0.341. The Morgan fingerprint density at radius 1 is 1.33 bits per heavy atom. The van der Waals surface area contributed by atoms with Crippen LogP contribution in [0.1, 0.15) is 6.42 Å². The Morgan fingerprint density at radius 2 is 1.78 bits per heavy atom. The first-order chi connectivity index (χ1) is 4.04. The Hall–Kier alpha value is -0.650. The van der Waals surface area contributed by atoms with E-state index in [9.17, 15) is 4.79 Å². The molecule has 0 aliphatic heterocycles. The average molecular weight is 136 g/mol. The Bertz CT molecular complexity index is 99.1. The lowest BCUT2D eigenvalue weighted by atomic mass is 10.2. The van der Waals surface area contributed by atoms with Crippen LogP contribution in [0.25, 0.3) is 0 Å². The SMILES string of the molecule is O=C(O)[C@H](O)CC(O)O. The fourth-order valence-electron chi connectivity index (χ4n) is 0.301. The molecule has 0 aliphatic carbocycles. The molecule has 0 saturated heterocycles. The predicted octanol–water partition coefficient (Wildman–Crippen LogP) is -1.87. The summed E-state index contributed by atoms with van der Waals surface area (Å²) in [7, 11) is 0. The van der Waals surface area contributed by atoms with Gasteiger partial charge in [-0.05, 0) is 0 Å². The fourth-order valence-corrected chi connectivity index (χ4v) is 0.301. The zero-order valence-corrected chi connectivity index (χ0v) is 4.56. The van der Waals surface area contributed by atoms with Crippen LogP contribution >= 0.6 is 0 Å². The smallest absolute Gasteiger partial charge is 0.332 e. The van der Waals surface area contributed by atoms with Crippen molar-refractivity contribution >= 4 is 5.97 Å². The molecule has 5 nitrogen and oxygen atoms in total. The van der Waals surface area contributed by atoms with E-state index in [4.69, 9.17) is 20.4 Å². The molecule has 9 heavy (non-hydrogen) atoms. The first-order valence-electron chi connectivity index (χ1n) is 2.31. The van der Waals surface area contributed by atoms with Gasteiger partial charge < -0.3 is 20.4 Å². The number of aliphatic hydroxyl groups is 3. The molecule has 0 fully saturated rings. The highest BCUT2D eigenvalue weighted by Gasteiger charge is 2.15. The summed E-state index contributed by atoms with van der Waals surface area (Å²) in [5, 5.41) is 32.5. The van der Waals surface area contributed by atoms with Gasteiger partial charge in [0.25, 0.3) is 0 Å². The summed E-state index contributed by atoms with van der Waals surface area (Å²) in [4.78, 5) is 9.76. The van der Waals surface area contributed by atoms with Crippen molar-refractivity contribution in [2.45, 2.75) is 18.8 Å². The number of hydrogen-bond donors (Lipinski definition) is 4. The molecular weight excluding hydrogens is 128 g/mol. The largest absolute Gasteiger partial charge is 0.479 e. The third-order valence-electron chi connectivity index (χ3n) is 0.719. The average Bonchev–Trinajstić information content (AvgIpc) is 1.63. The molecule has 0 heterocycles. The van der Waals surface area contributed by atoms with Crippen LogP contribution in [-0.2, 0) is 4.79 Å². The number of carboxylic acids is 1. The monoisotopic (exact) mass is 136 g/mol. The van der Waals surface area contributed by atoms with E-state index in [2.05, 4.69) is 0 Å². The Balaban J connectivity index is 3.50. The molecule has 0 amide bonds. The lowest BCUT2D eigenvalue weighted by molar-refractivity contribution is -0.152. The van der Waals surface area contributed by atoms with Gasteiger partial charge in [-0.25, -0.2) is 4.79 Å². The van der Waals surface area contributed by atoms with Gasteiger partial charge in [-0.2, -0.15) is 0 Å². The minimum Gasteiger partial charge on any atom is -0.479 e. The molecular formula is C4H8O5. The van der Waals surface area contributed by atoms with Crippen LogP contribution in [0.3, 0.4) is 0 Å². The predicted molar refractivity (Wildman–Crippen MR) is 26.5 cm³/mol. The molecule has 0 aromatic heterocycles. The van der Waals surface area contributed by atoms with Crippen LogP contribution in [0.2, 0.25) is 0 Å². The van der Waals surface area contributed by atoms with Gasteiger partial charge >= 0.3 is 5.97 Å². The third-order valence-corrected chi connectivity index (χ3v) is 0.719. The van der Waals surface area contributed by atoms with Crippen LogP contribution in [-0.4, -0.2) is 38.8 Å². The van der Waals surface area contributed by atoms with E-state index in [0.717, 1.165) is 0 Å². The standard InChI is InChI=1S/C4H8O5/c5-2(4(8)9)1-3(6)7/h2-3,5-7H,1H2,(H,8,9)/t2-/m1/s1. The molecule has 5 heteroatoms. The van der Waals surface area contributed by atoms with E-state index < -0.39 is 24.8 Å². The van der Waals surface area contributed by atoms with Crippen molar-refractivity contribution in [3.05, 3.63) is 0 Å². The Morgan fingerprint density at radius 3 is 1.89 bits per heavy atom. The van der Waals surface area contributed by atoms with E-state index in [1.807, 2.05) is 0 Å². The molecule has 1 atom stereocenters. The number of carbonyl (C=O) groups is 1. The summed E-state index contributed by atoms with van der Waals surface area (Å²) in [5.74, 6) is -1.46. The van der Waals surface area contributed by atoms with Crippen LogP contribution in [0.5, 0.6) is 0 Å². The third kappa shape index (κ3) is 3.89. The van der Waals surface area contributed by atoms with E-state index >= 15 is 0 Å². The molecule has 54 valence electrons. The Labute approximate surface area is 51.2 Å². The van der Waals surface area contributed by atoms with Crippen LogP contribution in [0, 0.1) is 0 Å². The first kappa shape index (κ1) is 8.35. The lowest BCUT2D eigenvalue weighted by Gasteiger charge is -2.05. The summed E-state index contributed by atoms with van der Waals surface area (Å²) in [6, 6.07) is 0. The summed E-state index contributed by atoms with van der Waals surface area (Å²) in [5.41, 5.74) is 0. The lowest BCUT2D eigenvalue weighted by Crippen LogP contribution is -2.25. The maximum atomic E-state index is 9.76. The molecule has 0 aliphatic rings. The second-order valence-corrected chi connectivity index (χ2v) is 1.57. The zero-order valence-electron chi connectivity index (χ0n) is 4.56. The van der Waals surface area contributed by atoms with Crippen molar-refractivity contribution in [2.75, 3.05) is 0 Å². The summed E-state index contributed by atoms with van der Waals surface area (Å²) < 4.78 is 0. The van der Waals surface area contributed by atoms with Gasteiger partial charge in [-0.3, -0.25) is 0 Å². The van der Waals surface area contributed by atoms with E-state index in [0.29, 0.717) is 0 Å². The van der Waals surface area contributed by atoms with Gasteiger partial charge in [0.2, 0.25) is 0 Å². The van der Waals surface area contributed by atoms with Crippen molar-refractivity contribution in [3.8, 4) is 0 Å². The number of aliphatic hydroxyl groups excluding tert-OH is 2. The molecule has 0 saturated carbocycles. The summed E-state index contributed by atoms with van der Waals surface area (Å²) in [6.07, 6.45) is -4.02. The fraction of sp³-hybridized carbons (Fsp3) is 0.750. The first-order valence-corrected chi connectivity index (χ1v) is 2.31. The molecule has 0 rings (SSSR count). The van der Waals surface area contributed by atoms with Crippen molar-refractivity contribution in [2.24, 2.45) is 0 Å². The number of carboxylic acid groups (broad SMARTS) is 1. The number of rotatable bonds is 3. The maximum absolute atomic E-state index is 9.76. The van der Waals surface area contributed by atoms with Crippen molar-refractivity contribution < 1.29 is 25.2 Å². The molecule has 0 spiro atoms. The molecule has 0 radical (unpaired) electrons. The van der Waals surface area contributed by atoms with Gasteiger partial charge in [0.15, 0.2) is 12.4 Å². The van der Waals surface area contributed by atoms with Gasteiger partial charge in [0, 0.05) is 6.42 Å². The van der Waals surface area contributed by atoms with Crippen LogP contribution < -0.4 is 0 Å². The van der Waals surface area contributed by atoms with E-state index in [1.165, 1.54) is 0 Å². The summed E-state index contributed by atoms with van der Waals surface area (Å²) >= 11 is 0. The maximum Gasteiger partial charge on any atom is 0.332 e. The topological polar surface area (TPSA) is 98.0 Å². The highest BCUT2D eigenvalue weighted by Crippen LogP contribution is 1.93.